The number of hydrogen-bond acceptors (Lipinski definition) is 6. The maximum Gasteiger partial charge on any atom is 0.269 e. The highest BCUT2D eigenvalue weighted by Gasteiger charge is 2.42. The van der Waals surface area contributed by atoms with Crippen molar-refractivity contribution in [1.82, 2.24) is 15.2 Å². The van der Waals surface area contributed by atoms with E-state index in [9.17, 15) is 14.9 Å². The predicted molar refractivity (Wildman–Crippen MR) is 138 cm³/mol. The molecule has 0 aliphatic carbocycles. The number of nitro benzene ring substituents is 1. The second-order valence-electron chi connectivity index (χ2n) is 8.17. The van der Waals surface area contributed by atoms with Gasteiger partial charge >= 0.3 is 0 Å². The molecule has 1 aliphatic heterocycles. The zero-order valence-electron chi connectivity index (χ0n) is 18.9. The molecule has 180 valence electrons. The topological polar surface area (TPSA) is 114 Å². The fourth-order valence-corrected chi connectivity index (χ4v) is 4.48. The second kappa shape index (κ2) is 9.96. The highest BCUT2D eigenvalue weighted by Crippen LogP contribution is 2.40. The number of pyridine rings is 1. The van der Waals surface area contributed by atoms with Crippen LogP contribution < -0.4 is 10.6 Å². The number of non-ortho nitro benzene ring substituents is 1. The Morgan fingerprint density at radius 1 is 1.06 bits per heavy atom. The Bertz CT molecular complexity index is 1390. The molecule has 2 aromatic heterocycles. The summed E-state index contributed by atoms with van der Waals surface area (Å²) >= 11 is 5.62. The molecule has 36 heavy (non-hydrogen) atoms. The van der Waals surface area contributed by atoms with Gasteiger partial charge in [0.1, 0.15) is 24.1 Å². The molecule has 1 saturated heterocycles. The number of rotatable bonds is 7. The summed E-state index contributed by atoms with van der Waals surface area (Å²) in [5, 5.41) is 17.6. The minimum Gasteiger partial charge on any atom is -0.459 e. The normalized spacial score (nSPS) is 17.0. The molecule has 2 N–H and O–H groups in total. The first-order valence-corrected chi connectivity index (χ1v) is 11.6. The van der Waals surface area contributed by atoms with Crippen molar-refractivity contribution >= 4 is 34.6 Å². The Balaban J connectivity index is 1.45. The minimum atomic E-state index is -0.446. The summed E-state index contributed by atoms with van der Waals surface area (Å²) in [5.41, 5.74) is 2.14. The van der Waals surface area contributed by atoms with Gasteiger partial charge in [0, 0.05) is 29.6 Å². The van der Waals surface area contributed by atoms with Gasteiger partial charge in [-0.3, -0.25) is 19.9 Å². The quantitative estimate of drug-likeness (QED) is 0.211. The zero-order chi connectivity index (χ0) is 25.1. The Morgan fingerprint density at radius 3 is 2.50 bits per heavy atom. The van der Waals surface area contributed by atoms with Crippen molar-refractivity contribution in [2.45, 2.75) is 12.1 Å². The Hall–Kier alpha value is -4.57. The van der Waals surface area contributed by atoms with Gasteiger partial charge in [-0.05, 0) is 60.7 Å². The number of nitrogens with zero attached hydrogens (tertiary/aromatic N) is 3. The Morgan fingerprint density at radius 2 is 1.81 bits per heavy atom. The van der Waals surface area contributed by atoms with Gasteiger partial charge in [0.15, 0.2) is 5.11 Å². The molecular weight excluding hydrogens is 478 g/mol. The van der Waals surface area contributed by atoms with Crippen LogP contribution in [0.5, 0.6) is 0 Å². The number of anilines is 1. The average Bonchev–Trinajstić information content (AvgIpc) is 3.50. The molecule has 5 rings (SSSR count). The number of para-hydroxylation sites is 1. The molecular formula is C26H21N5O4S. The summed E-state index contributed by atoms with van der Waals surface area (Å²) in [4.78, 5) is 29.7. The molecule has 2 aromatic carbocycles. The van der Waals surface area contributed by atoms with E-state index in [2.05, 4.69) is 15.6 Å². The van der Waals surface area contributed by atoms with Gasteiger partial charge in [0.25, 0.3) is 5.69 Å². The van der Waals surface area contributed by atoms with E-state index in [0.29, 0.717) is 27.9 Å². The van der Waals surface area contributed by atoms with Crippen LogP contribution in [0.15, 0.2) is 95.5 Å². The van der Waals surface area contributed by atoms with E-state index in [-0.39, 0.29) is 24.2 Å². The summed E-state index contributed by atoms with van der Waals surface area (Å²) < 4.78 is 6.21. The standard InChI is InChI=1S/C26H21N5O4S/c32-23(28-18-6-2-1-3-7-18)16-30-25(24(29-26(30)36)20-8-4-5-15-27-20)22-14-13-21(35-22)17-9-11-19(12-10-17)31(33)34/h1-15,24-25H,16H2,(H,28,32)(H,29,36). The summed E-state index contributed by atoms with van der Waals surface area (Å²) in [5.74, 6) is 0.907. The molecule has 9 nitrogen and oxygen atoms in total. The lowest BCUT2D eigenvalue weighted by Gasteiger charge is -2.25. The third-order valence-corrected chi connectivity index (χ3v) is 6.20. The maximum atomic E-state index is 12.9. The molecule has 2 unspecified atom stereocenters. The number of aromatic nitrogens is 1. The van der Waals surface area contributed by atoms with E-state index >= 15 is 0 Å². The van der Waals surface area contributed by atoms with Crippen molar-refractivity contribution in [3.05, 3.63) is 113 Å². The summed E-state index contributed by atoms with van der Waals surface area (Å²) in [6.45, 7) is 0.00227. The van der Waals surface area contributed by atoms with E-state index in [1.54, 1.807) is 29.3 Å². The van der Waals surface area contributed by atoms with E-state index in [1.807, 2.05) is 54.6 Å². The number of carbonyl (C=O) groups excluding carboxylic acids is 1. The van der Waals surface area contributed by atoms with Gasteiger partial charge in [0.05, 0.1) is 16.7 Å². The molecule has 10 heteroatoms. The van der Waals surface area contributed by atoms with Crippen LogP contribution in [0.2, 0.25) is 0 Å². The number of nitrogens with one attached hydrogen (secondary N) is 2. The summed E-state index contributed by atoms with van der Waals surface area (Å²) in [6, 6.07) is 23.8. The first-order chi connectivity index (χ1) is 17.5. The maximum absolute atomic E-state index is 12.9. The van der Waals surface area contributed by atoms with Gasteiger partial charge in [-0.2, -0.15) is 0 Å². The van der Waals surface area contributed by atoms with E-state index in [1.165, 1.54) is 12.1 Å². The molecule has 1 aliphatic rings. The molecule has 2 atom stereocenters. The van der Waals surface area contributed by atoms with Crippen LogP contribution in [-0.4, -0.2) is 32.4 Å². The number of nitro groups is 1. The number of benzene rings is 2. The van der Waals surface area contributed by atoms with Crippen molar-refractivity contribution < 1.29 is 14.1 Å². The van der Waals surface area contributed by atoms with Crippen molar-refractivity contribution in [2.24, 2.45) is 0 Å². The lowest BCUT2D eigenvalue weighted by molar-refractivity contribution is -0.384. The van der Waals surface area contributed by atoms with Crippen LogP contribution >= 0.6 is 12.2 Å². The van der Waals surface area contributed by atoms with Crippen LogP contribution in [0.25, 0.3) is 11.3 Å². The fraction of sp³-hybridized carbons (Fsp3) is 0.115. The van der Waals surface area contributed by atoms with Gasteiger partial charge in [-0.25, -0.2) is 0 Å². The van der Waals surface area contributed by atoms with Crippen molar-refractivity contribution in [2.75, 3.05) is 11.9 Å². The molecule has 1 amide bonds. The van der Waals surface area contributed by atoms with Gasteiger partial charge in [0.2, 0.25) is 5.91 Å². The SMILES string of the molecule is O=C(CN1C(=S)NC(c2ccccn2)C1c1ccc(-c2ccc([N+](=O)[O-])cc2)o1)Nc1ccccc1. The van der Waals surface area contributed by atoms with Crippen LogP contribution in [0, 0.1) is 10.1 Å². The van der Waals surface area contributed by atoms with E-state index in [0.717, 1.165) is 5.69 Å². The van der Waals surface area contributed by atoms with E-state index in [4.69, 9.17) is 16.6 Å². The zero-order valence-corrected chi connectivity index (χ0v) is 19.7. The minimum absolute atomic E-state index is 0.00157. The lowest BCUT2D eigenvalue weighted by atomic mass is 10.0. The molecule has 3 heterocycles. The second-order valence-corrected chi connectivity index (χ2v) is 8.56. The number of carbonyl (C=O) groups is 1. The summed E-state index contributed by atoms with van der Waals surface area (Å²) in [6.07, 6.45) is 1.70. The van der Waals surface area contributed by atoms with Crippen LogP contribution in [0.4, 0.5) is 11.4 Å². The Kier molecular flexibility index (Phi) is 6.42. The van der Waals surface area contributed by atoms with Gasteiger partial charge in [-0.15, -0.1) is 0 Å². The molecule has 1 fully saturated rings. The molecule has 0 bridgehead atoms. The van der Waals surface area contributed by atoms with Crippen LogP contribution in [0.3, 0.4) is 0 Å². The number of amides is 1. The summed E-state index contributed by atoms with van der Waals surface area (Å²) in [7, 11) is 0. The van der Waals surface area contributed by atoms with Crippen LogP contribution in [0.1, 0.15) is 23.5 Å². The third-order valence-electron chi connectivity index (χ3n) is 5.85. The van der Waals surface area contributed by atoms with E-state index < -0.39 is 11.0 Å². The largest absolute Gasteiger partial charge is 0.459 e. The molecule has 0 spiro atoms. The third kappa shape index (κ3) is 4.80. The number of thiocarbonyl (C=S) groups is 1. The first-order valence-electron chi connectivity index (χ1n) is 11.2. The fourth-order valence-electron chi connectivity index (χ4n) is 4.18. The highest BCUT2D eigenvalue weighted by atomic mass is 32.1. The number of furan rings is 1. The Labute approximate surface area is 211 Å². The average molecular weight is 500 g/mol. The van der Waals surface area contributed by atoms with Crippen molar-refractivity contribution in [3.63, 3.8) is 0 Å². The highest BCUT2D eigenvalue weighted by molar-refractivity contribution is 7.80. The first kappa shape index (κ1) is 23.2. The molecule has 0 radical (unpaired) electrons. The van der Waals surface area contributed by atoms with Crippen LogP contribution in [-0.2, 0) is 4.79 Å². The lowest BCUT2D eigenvalue weighted by Crippen LogP contribution is -2.36. The predicted octanol–water partition coefficient (Wildman–Crippen LogP) is 4.86. The van der Waals surface area contributed by atoms with Gasteiger partial charge in [-0.1, -0.05) is 24.3 Å². The van der Waals surface area contributed by atoms with Crippen molar-refractivity contribution in [1.29, 1.82) is 0 Å². The van der Waals surface area contributed by atoms with Gasteiger partial charge < -0.3 is 20.0 Å². The smallest absolute Gasteiger partial charge is 0.269 e. The molecule has 4 aromatic rings. The molecule has 0 saturated carbocycles. The monoisotopic (exact) mass is 499 g/mol. The van der Waals surface area contributed by atoms with Crippen molar-refractivity contribution in [3.8, 4) is 11.3 Å². The number of hydrogen-bond donors (Lipinski definition) is 2.